The molecule has 0 unspecified atom stereocenters. The van der Waals surface area contributed by atoms with Crippen molar-refractivity contribution >= 4 is 32.3 Å². The fourth-order valence-electron chi connectivity index (χ4n) is 6.58. The molecule has 9 aromatic carbocycles. The molecule has 1 heterocycles. The molecule has 0 bridgehead atoms. The zero-order chi connectivity index (χ0) is 48.9. The van der Waals surface area contributed by atoms with E-state index in [1.54, 1.807) is 24.3 Å². The Bertz CT molecular complexity index is 3780. The van der Waals surface area contributed by atoms with Crippen molar-refractivity contribution in [3.05, 3.63) is 200 Å². The molecule has 54 heavy (non-hydrogen) atoms. The van der Waals surface area contributed by atoms with Crippen molar-refractivity contribution in [2.24, 2.45) is 0 Å². The maximum Gasteiger partial charge on any atom is 0.164 e. The third-order valence-corrected chi connectivity index (χ3v) is 9.15. The maximum absolute atomic E-state index is 9.66. The van der Waals surface area contributed by atoms with Crippen molar-refractivity contribution in [3.8, 4) is 67.5 Å². The number of hydrogen-bond acceptors (Lipinski definition) is 3. The van der Waals surface area contributed by atoms with E-state index in [1.807, 2.05) is 84.9 Å². The number of nitrogens with zero attached hydrogens (tertiary/aromatic N) is 3. The lowest BCUT2D eigenvalue weighted by atomic mass is 9.92. The Morgan fingerprint density at radius 3 is 1.43 bits per heavy atom. The molecule has 0 N–H and O–H groups in total. The quantitative estimate of drug-likeness (QED) is 0.162. The molecule has 3 heteroatoms. The monoisotopic (exact) mass is 702 g/mol. The second kappa shape index (κ2) is 13.4. The van der Waals surface area contributed by atoms with E-state index in [1.165, 1.54) is 0 Å². The average molecular weight is 703 g/mol. The minimum Gasteiger partial charge on any atom is -0.208 e. The van der Waals surface area contributed by atoms with E-state index in [0.29, 0.717) is 11.1 Å². The van der Waals surface area contributed by atoms with Crippen LogP contribution in [-0.2, 0) is 0 Å². The van der Waals surface area contributed by atoms with E-state index in [-0.39, 0.29) is 50.0 Å². The lowest BCUT2D eigenvalue weighted by Gasteiger charge is -2.13. The van der Waals surface area contributed by atoms with Crippen LogP contribution in [0.15, 0.2) is 200 Å². The van der Waals surface area contributed by atoms with Crippen LogP contribution >= 0.6 is 0 Å². The van der Waals surface area contributed by atoms with Gasteiger partial charge in [0.1, 0.15) is 0 Å². The Balaban J connectivity index is 1.24. The van der Waals surface area contributed by atoms with Crippen molar-refractivity contribution in [2.45, 2.75) is 0 Å². The smallest absolute Gasteiger partial charge is 0.164 e. The average Bonchev–Trinajstić information content (AvgIpc) is 3.37. The Morgan fingerprint density at radius 2 is 0.759 bits per heavy atom. The van der Waals surface area contributed by atoms with Crippen LogP contribution in [0.5, 0.6) is 0 Å². The van der Waals surface area contributed by atoms with Crippen LogP contribution in [0.1, 0.15) is 20.6 Å². The van der Waals surface area contributed by atoms with Gasteiger partial charge in [-0.05, 0) is 77.8 Å². The van der Waals surface area contributed by atoms with Crippen LogP contribution in [0.4, 0.5) is 0 Å². The fraction of sp³-hybridized carbons (Fsp3) is 0. The van der Waals surface area contributed by atoms with E-state index in [0.717, 1.165) is 22.3 Å². The summed E-state index contributed by atoms with van der Waals surface area (Å²) in [6.45, 7) is 0. The minimum absolute atomic E-state index is 0.164. The Hall–Kier alpha value is -7.23. The fourth-order valence-corrected chi connectivity index (χ4v) is 6.58. The number of benzene rings is 9. The molecule has 0 aliphatic rings. The van der Waals surface area contributed by atoms with Crippen molar-refractivity contribution in [2.75, 3.05) is 0 Å². The Kier molecular flexibility index (Phi) is 4.85. The summed E-state index contributed by atoms with van der Waals surface area (Å²) >= 11 is 0. The van der Waals surface area contributed by atoms with Gasteiger partial charge in [0.15, 0.2) is 17.5 Å². The van der Waals surface area contributed by atoms with E-state index in [9.17, 15) is 9.60 Å². The van der Waals surface area contributed by atoms with Crippen molar-refractivity contribution in [1.82, 2.24) is 15.0 Å². The van der Waals surface area contributed by atoms with Gasteiger partial charge in [0, 0.05) is 16.7 Å². The highest BCUT2D eigenvalue weighted by molar-refractivity contribution is 6.25. The predicted octanol–water partition coefficient (Wildman–Crippen LogP) is 13.3. The summed E-state index contributed by atoms with van der Waals surface area (Å²) in [7, 11) is 0. The molecular formula is C51H33N3. The van der Waals surface area contributed by atoms with E-state index < -0.39 is 107 Å². The maximum atomic E-state index is 9.66. The number of rotatable bonds is 6. The lowest BCUT2D eigenvalue weighted by Crippen LogP contribution is -2.01. The molecule has 10 aromatic rings. The normalized spacial score (nSPS) is 15.2. The van der Waals surface area contributed by atoms with E-state index >= 15 is 0 Å². The van der Waals surface area contributed by atoms with Crippen molar-refractivity contribution in [1.29, 1.82) is 0 Å². The second-order valence-corrected chi connectivity index (χ2v) is 12.4. The summed E-state index contributed by atoms with van der Waals surface area (Å²) in [5.74, 6) is 0.119. The van der Waals surface area contributed by atoms with E-state index in [4.69, 9.17) is 25.9 Å². The highest BCUT2D eigenvalue weighted by Crippen LogP contribution is 2.38. The number of hydrogen-bond donors (Lipinski definition) is 0. The molecule has 3 nitrogen and oxygen atoms in total. The van der Waals surface area contributed by atoms with E-state index in [2.05, 4.69) is 0 Å². The van der Waals surface area contributed by atoms with Crippen LogP contribution in [-0.4, -0.2) is 15.0 Å². The molecule has 0 amide bonds. The van der Waals surface area contributed by atoms with Crippen LogP contribution in [0.2, 0.25) is 0 Å². The number of fused-ring (bicyclic) bond motifs is 6. The molecule has 10 rings (SSSR count). The zero-order valence-electron chi connectivity index (χ0n) is 43.2. The standard InChI is InChI=1S/C51H33N3/c1-3-14-34(15-4-1)38-18-13-19-40(32-38)41-20-7-12-25-47(41)51-53-49(36-16-5-2-6-17-36)52-50(54-51)37-28-26-35(27-29-37)39-30-31-46-44-23-9-8-21-42(44)43-22-10-11-24-45(43)48(46)33-39/h1-33H/i8D,9D,10D,11D,21D,22D,23D,24D,26D,27D,28D,29D,30D,31D,33D. The van der Waals surface area contributed by atoms with Crippen LogP contribution < -0.4 is 0 Å². The van der Waals surface area contributed by atoms with Gasteiger partial charge in [-0.15, -0.1) is 0 Å². The largest absolute Gasteiger partial charge is 0.208 e. The lowest BCUT2D eigenvalue weighted by molar-refractivity contribution is 1.07. The summed E-state index contributed by atoms with van der Waals surface area (Å²) in [4.78, 5) is 14.4. The van der Waals surface area contributed by atoms with Crippen LogP contribution in [0.25, 0.3) is 99.9 Å². The SMILES string of the molecule is [2H]c1c([2H])c(-c2c([2H])c([2H])c3c4c([2H])c([2H])c([2H])c([2H])c4c4c([2H])c([2H])c([2H])c([2H])c4c3c2[2H])c([2H])c([2H])c1-c1nc(-c2ccccc2)nc(-c2ccccc2-c2cccc(-c3ccccc3)c2)n1. The third-order valence-electron chi connectivity index (χ3n) is 9.15. The zero-order valence-corrected chi connectivity index (χ0v) is 28.2. The molecular weight excluding hydrogens is 655 g/mol. The van der Waals surface area contributed by atoms with Gasteiger partial charge in [-0.1, -0.05) is 188 Å². The Morgan fingerprint density at radius 1 is 0.296 bits per heavy atom. The predicted molar refractivity (Wildman–Crippen MR) is 225 cm³/mol. The van der Waals surface area contributed by atoms with Gasteiger partial charge in [0.25, 0.3) is 0 Å². The Labute approximate surface area is 335 Å². The molecule has 0 radical (unpaired) electrons. The van der Waals surface area contributed by atoms with Gasteiger partial charge in [-0.3, -0.25) is 0 Å². The van der Waals surface area contributed by atoms with Gasteiger partial charge in [-0.25, -0.2) is 15.0 Å². The molecule has 0 saturated carbocycles. The second-order valence-electron chi connectivity index (χ2n) is 12.4. The minimum atomic E-state index is -0.781. The topological polar surface area (TPSA) is 38.7 Å². The van der Waals surface area contributed by atoms with Crippen molar-refractivity contribution < 1.29 is 20.6 Å². The van der Waals surface area contributed by atoms with Crippen molar-refractivity contribution in [3.63, 3.8) is 0 Å². The summed E-state index contributed by atoms with van der Waals surface area (Å²) in [6.07, 6.45) is 0. The summed E-state index contributed by atoms with van der Waals surface area (Å²) in [5, 5.41) is -2.19. The highest BCUT2D eigenvalue weighted by Gasteiger charge is 2.17. The van der Waals surface area contributed by atoms with Gasteiger partial charge in [0.05, 0.1) is 20.6 Å². The first kappa shape index (κ1) is 19.6. The van der Waals surface area contributed by atoms with Crippen LogP contribution in [0.3, 0.4) is 0 Å². The molecule has 0 saturated heterocycles. The molecule has 0 aliphatic carbocycles. The molecule has 0 fully saturated rings. The highest BCUT2D eigenvalue weighted by atomic mass is 15.0. The van der Waals surface area contributed by atoms with Gasteiger partial charge in [0.2, 0.25) is 0 Å². The molecule has 1 aromatic heterocycles. The molecule has 0 spiro atoms. The number of aromatic nitrogens is 3. The summed E-state index contributed by atoms with van der Waals surface area (Å²) in [5.41, 5.74) is 3.28. The molecule has 0 atom stereocenters. The first-order valence-electron chi connectivity index (χ1n) is 24.6. The van der Waals surface area contributed by atoms with Gasteiger partial charge >= 0.3 is 0 Å². The van der Waals surface area contributed by atoms with Crippen LogP contribution in [0, 0.1) is 0 Å². The first-order chi connectivity index (χ1) is 33.0. The summed E-state index contributed by atoms with van der Waals surface area (Å²) < 4.78 is 136. The molecule has 252 valence electrons. The summed E-state index contributed by atoms with van der Waals surface area (Å²) in [6, 6.07) is 23.7. The van der Waals surface area contributed by atoms with Gasteiger partial charge < -0.3 is 0 Å². The molecule has 0 aliphatic heterocycles. The third kappa shape index (κ3) is 5.69. The van der Waals surface area contributed by atoms with Gasteiger partial charge in [-0.2, -0.15) is 0 Å². The first-order valence-corrected chi connectivity index (χ1v) is 17.1.